The van der Waals surface area contributed by atoms with Crippen molar-refractivity contribution < 1.29 is 0 Å². The molecule has 3 heteroatoms. The topological polar surface area (TPSA) is 43.8 Å². The summed E-state index contributed by atoms with van der Waals surface area (Å²) < 4.78 is 2.28. The van der Waals surface area contributed by atoms with Crippen LogP contribution in [0, 0.1) is 0 Å². The zero-order valence-electron chi connectivity index (χ0n) is 11.7. The number of benzene rings is 1. The summed E-state index contributed by atoms with van der Waals surface area (Å²) in [5.41, 5.74) is 9.74. The Morgan fingerprint density at radius 1 is 1.20 bits per heavy atom. The lowest BCUT2D eigenvalue weighted by Gasteiger charge is -2.04. The van der Waals surface area contributed by atoms with Crippen molar-refractivity contribution in [3.8, 4) is 0 Å². The molecule has 0 fully saturated rings. The number of nitrogens with zero attached hydrogens (tertiary/aromatic N) is 2. The van der Waals surface area contributed by atoms with Crippen LogP contribution in [0.15, 0.2) is 55.0 Å². The van der Waals surface area contributed by atoms with Crippen molar-refractivity contribution in [2.24, 2.45) is 5.73 Å². The van der Waals surface area contributed by atoms with Crippen LogP contribution in [0.2, 0.25) is 0 Å². The molecule has 2 aromatic heterocycles. The maximum absolute atomic E-state index is 5.96. The Labute approximate surface area is 119 Å². The molecule has 0 radical (unpaired) electrons. The molecular formula is C17H19N3. The van der Waals surface area contributed by atoms with Gasteiger partial charge in [-0.1, -0.05) is 24.3 Å². The third kappa shape index (κ3) is 2.58. The molecule has 20 heavy (non-hydrogen) atoms. The molecule has 0 spiro atoms. The van der Waals surface area contributed by atoms with E-state index in [4.69, 9.17) is 5.73 Å². The zero-order chi connectivity index (χ0) is 13.9. The number of fused-ring (bicyclic) bond motifs is 1. The van der Waals surface area contributed by atoms with Gasteiger partial charge in [0.25, 0.3) is 0 Å². The minimum Gasteiger partial charge on any atom is -0.343 e. The molecule has 3 rings (SSSR count). The van der Waals surface area contributed by atoms with Gasteiger partial charge in [-0.15, -0.1) is 0 Å². The smallest absolute Gasteiger partial charge is 0.0491 e. The van der Waals surface area contributed by atoms with Crippen molar-refractivity contribution in [3.63, 3.8) is 0 Å². The molecule has 2 heterocycles. The van der Waals surface area contributed by atoms with Crippen molar-refractivity contribution in [1.29, 1.82) is 0 Å². The van der Waals surface area contributed by atoms with Gasteiger partial charge in [0.2, 0.25) is 0 Å². The maximum Gasteiger partial charge on any atom is 0.0491 e. The highest BCUT2D eigenvalue weighted by atomic mass is 15.0. The molecule has 1 unspecified atom stereocenters. The standard InChI is InChI=1S/C17H19N3/c1-13(18)9-15-12-20(11-14-5-4-8-19-10-14)17-7-3-2-6-16(15)17/h2-8,10,12-13H,9,11,18H2,1H3. The largest absolute Gasteiger partial charge is 0.343 e. The molecule has 2 N–H and O–H groups in total. The molecule has 0 saturated carbocycles. The van der Waals surface area contributed by atoms with Crippen LogP contribution < -0.4 is 5.73 Å². The minimum absolute atomic E-state index is 0.174. The van der Waals surface area contributed by atoms with Crippen molar-refractivity contribution in [1.82, 2.24) is 9.55 Å². The van der Waals surface area contributed by atoms with E-state index in [0.29, 0.717) is 0 Å². The molecule has 3 nitrogen and oxygen atoms in total. The predicted molar refractivity (Wildman–Crippen MR) is 82.6 cm³/mol. The fourth-order valence-electron chi connectivity index (χ4n) is 2.65. The average molecular weight is 265 g/mol. The van der Waals surface area contributed by atoms with Gasteiger partial charge >= 0.3 is 0 Å². The Morgan fingerprint density at radius 2 is 2.05 bits per heavy atom. The molecule has 3 aromatic rings. The van der Waals surface area contributed by atoms with Crippen LogP contribution in [0.25, 0.3) is 10.9 Å². The van der Waals surface area contributed by atoms with E-state index in [9.17, 15) is 0 Å². The van der Waals surface area contributed by atoms with Crippen molar-refractivity contribution in [3.05, 3.63) is 66.1 Å². The molecule has 0 bridgehead atoms. The maximum atomic E-state index is 5.96. The molecule has 0 amide bonds. The molecule has 1 atom stereocenters. The Morgan fingerprint density at radius 3 is 2.80 bits per heavy atom. The van der Waals surface area contributed by atoms with Gasteiger partial charge in [-0.3, -0.25) is 4.98 Å². The summed E-state index contributed by atoms with van der Waals surface area (Å²) >= 11 is 0. The lowest BCUT2D eigenvalue weighted by atomic mass is 10.1. The van der Waals surface area contributed by atoms with E-state index >= 15 is 0 Å². The van der Waals surface area contributed by atoms with E-state index in [0.717, 1.165) is 13.0 Å². The number of rotatable bonds is 4. The molecule has 1 aromatic carbocycles. The summed E-state index contributed by atoms with van der Waals surface area (Å²) in [4.78, 5) is 4.18. The zero-order valence-corrected chi connectivity index (χ0v) is 11.7. The Hall–Kier alpha value is -2.13. The van der Waals surface area contributed by atoms with E-state index < -0.39 is 0 Å². The Bertz CT molecular complexity index is 699. The monoisotopic (exact) mass is 265 g/mol. The van der Waals surface area contributed by atoms with E-state index in [-0.39, 0.29) is 6.04 Å². The number of pyridine rings is 1. The van der Waals surface area contributed by atoms with Crippen molar-refractivity contribution in [2.45, 2.75) is 25.9 Å². The fraction of sp³-hybridized carbons (Fsp3) is 0.235. The van der Waals surface area contributed by atoms with Gasteiger partial charge in [0.1, 0.15) is 0 Å². The second-order valence-corrected chi connectivity index (χ2v) is 5.34. The first-order valence-electron chi connectivity index (χ1n) is 6.95. The highest BCUT2D eigenvalue weighted by Gasteiger charge is 2.09. The van der Waals surface area contributed by atoms with Gasteiger partial charge in [-0.2, -0.15) is 0 Å². The van der Waals surface area contributed by atoms with Crippen LogP contribution >= 0.6 is 0 Å². The summed E-state index contributed by atoms with van der Waals surface area (Å²) in [6.45, 7) is 2.89. The van der Waals surface area contributed by atoms with E-state index in [1.807, 2.05) is 19.2 Å². The van der Waals surface area contributed by atoms with Crippen molar-refractivity contribution >= 4 is 10.9 Å². The summed E-state index contributed by atoms with van der Waals surface area (Å²) in [5, 5.41) is 1.30. The third-order valence-corrected chi connectivity index (χ3v) is 3.49. The van der Waals surface area contributed by atoms with Gasteiger partial charge < -0.3 is 10.3 Å². The summed E-state index contributed by atoms with van der Waals surface area (Å²) in [6, 6.07) is 12.8. The molecule has 0 aliphatic carbocycles. The van der Waals surface area contributed by atoms with Gasteiger partial charge in [-0.05, 0) is 36.6 Å². The van der Waals surface area contributed by atoms with Crippen LogP contribution in [0.5, 0.6) is 0 Å². The van der Waals surface area contributed by atoms with Crippen LogP contribution in [-0.2, 0) is 13.0 Å². The number of hydrogen-bond donors (Lipinski definition) is 1. The first kappa shape index (κ1) is 12.9. The second-order valence-electron chi connectivity index (χ2n) is 5.34. The second kappa shape index (κ2) is 5.47. The van der Waals surface area contributed by atoms with Gasteiger partial charge in [0.15, 0.2) is 0 Å². The SMILES string of the molecule is CC(N)Cc1cn(Cc2cccnc2)c2ccccc12. The first-order chi connectivity index (χ1) is 9.74. The van der Waals surface area contributed by atoms with E-state index in [1.165, 1.54) is 22.0 Å². The van der Waals surface area contributed by atoms with Gasteiger partial charge in [-0.25, -0.2) is 0 Å². The quantitative estimate of drug-likeness (QED) is 0.788. The van der Waals surface area contributed by atoms with Gasteiger partial charge in [0, 0.05) is 42.1 Å². The number of hydrogen-bond acceptors (Lipinski definition) is 2. The lowest BCUT2D eigenvalue weighted by molar-refractivity contribution is 0.734. The average Bonchev–Trinajstić information content (AvgIpc) is 2.78. The van der Waals surface area contributed by atoms with Gasteiger partial charge in [0.05, 0.1) is 0 Å². The van der Waals surface area contributed by atoms with E-state index in [2.05, 4.69) is 46.1 Å². The summed E-state index contributed by atoms with van der Waals surface area (Å²) in [6.07, 6.45) is 6.85. The van der Waals surface area contributed by atoms with E-state index in [1.54, 1.807) is 6.20 Å². The number of para-hydroxylation sites is 1. The molecule has 102 valence electrons. The lowest BCUT2D eigenvalue weighted by Crippen LogP contribution is -2.17. The minimum atomic E-state index is 0.174. The molecule has 0 aliphatic rings. The van der Waals surface area contributed by atoms with Crippen LogP contribution in [0.1, 0.15) is 18.1 Å². The third-order valence-electron chi connectivity index (χ3n) is 3.49. The van der Waals surface area contributed by atoms with Crippen LogP contribution in [0.3, 0.4) is 0 Å². The number of aromatic nitrogens is 2. The molecule has 0 saturated heterocycles. The van der Waals surface area contributed by atoms with Crippen LogP contribution in [-0.4, -0.2) is 15.6 Å². The number of nitrogens with two attached hydrogens (primary N) is 1. The van der Waals surface area contributed by atoms with Crippen molar-refractivity contribution in [2.75, 3.05) is 0 Å². The Balaban J connectivity index is 2.02. The molecule has 0 aliphatic heterocycles. The normalized spacial score (nSPS) is 12.7. The van der Waals surface area contributed by atoms with Crippen LogP contribution in [0.4, 0.5) is 0 Å². The fourth-order valence-corrected chi connectivity index (χ4v) is 2.65. The summed E-state index contributed by atoms with van der Waals surface area (Å²) in [5.74, 6) is 0. The summed E-state index contributed by atoms with van der Waals surface area (Å²) in [7, 11) is 0. The molecular weight excluding hydrogens is 246 g/mol. The Kier molecular flexibility index (Phi) is 3.52. The predicted octanol–water partition coefficient (Wildman–Crippen LogP) is 2.97. The highest BCUT2D eigenvalue weighted by molar-refractivity contribution is 5.84. The first-order valence-corrected chi connectivity index (χ1v) is 6.95. The highest BCUT2D eigenvalue weighted by Crippen LogP contribution is 2.23.